The fourth-order valence-corrected chi connectivity index (χ4v) is 1.93. The van der Waals surface area contributed by atoms with Gasteiger partial charge in [-0.25, -0.2) is 0 Å². The van der Waals surface area contributed by atoms with E-state index in [0.717, 1.165) is 4.88 Å². The number of carbonyl (C=O) groups is 2. The maximum absolute atomic E-state index is 11.7. The molecular weight excluding hydrogens is 250 g/mol. The standard InChI is InChI=1S/C12H15N3O2S/c1-14-11(16)4-6-15-12(17)9-7-10(18-8-9)3-2-5-13/h7-8H,4-6,13H2,1H3,(H,14,16)(H,15,17). The van der Waals surface area contributed by atoms with E-state index in [4.69, 9.17) is 5.73 Å². The van der Waals surface area contributed by atoms with Crippen LogP contribution >= 0.6 is 11.3 Å². The van der Waals surface area contributed by atoms with Crippen LogP contribution < -0.4 is 16.4 Å². The molecular formula is C12H15N3O2S. The Hall–Kier alpha value is -1.84. The van der Waals surface area contributed by atoms with Crippen LogP contribution in [0.1, 0.15) is 21.7 Å². The van der Waals surface area contributed by atoms with Gasteiger partial charge < -0.3 is 16.4 Å². The number of hydrogen-bond acceptors (Lipinski definition) is 4. The van der Waals surface area contributed by atoms with Gasteiger partial charge in [-0.2, -0.15) is 0 Å². The van der Waals surface area contributed by atoms with Gasteiger partial charge in [0.2, 0.25) is 5.91 Å². The smallest absolute Gasteiger partial charge is 0.252 e. The average Bonchev–Trinajstić information content (AvgIpc) is 2.84. The SMILES string of the molecule is CNC(=O)CCNC(=O)c1csc(C#CCN)c1. The average molecular weight is 265 g/mol. The molecule has 0 spiro atoms. The lowest BCUT2D eigenvalue weighted by Crippen LogP contribution is -2.28. The molecule has 5 nitrogen and oxygen atoms in total. The maximum atomic E-state index is 11.7. The van der Waals surface area contributed by atoms with Crippen molar-refractivity contribution in [2.24, 2.45) is 5.73 Å². The second-order valence-corrected chi connectivity index (χ2v) is 4.30. The van der Waals surface area contributed by atoms with Gasteiger partial charge in [0.05, 0.1) is 17.0 Å². The van der Waals surface area contributed by atoms with Gasteiger partial charge in [-0.3, -0.25) is 9.59 Å². The van der Waals surface area contributed by atoms with Gasteiger partial charge in [0.1, 0.15) is 0 Å². The molecule has 0 aromatic carbocycles. The molecule has 0 saturated heterocycles. The maximum Gasteiger partial charge on any atom is 0.252 e. The Kier molecular flexibility index (Phi) is 5.91. The minimum absolute atomic E-state index is 0.102. The van der Waals surface area contributed by atoms with Crippen molar-refractivity contribution in [2.45, 2.75) is 6.42 Å². The van der Waals surface area contributed by atoms with Crippen molar-refractivity contribution in [3.8, 4) is 11.8 Å². The van der Waals surface area contributed by atoms with Gasteiger partial charge in [0, 0.05) is 25.4 Å². The van der Waals surface area contributed by atoms with Crippen LogP contribution in [0.15, 0.2) is 11.4 Å². The topological polar surface area (TPSA) is 84.2 Å². The van der Waals surface area contributed by atoms with Crippen LogP contribution in [0.2, 0.25) is 0 Å². The Bertz CT molecular complexity index is 485. The quantitative estimate of drug-likeness (QED) is 0.666. The lowest BCUT2D eigenvalue weighted by atomic mass is 10.3. The highest BCUT2D eigenvalue weighted by atomic mass is 32.1. The van der Waals surface area contributed by atoms with Crippen LogP contribution in [0.3, 0.4) is 0 Å². The van der Waals surface area contributed by atoms with Crippen molar-refractivity contribution in [1.29, 1.82) is 0 Å². The highest BCUT2D eigenvalue weighted by molar-refractivity contribution is 7.10. The number of thiophene rings is 1. The number of amides is 2. The molecule has 1 rings (SSSR count). The molecule has 0 aliphatic rings. The largest absolute Gasteiger partial charge is 0.359 e. The van der Waals surface area contributed by atoms with Crippen LogP contribution in [0.4, 0.5) is 0 Å². The van der Waals surface area contributed by atoms with Gasteiger partial charge in [-0.15, -0.1) is 11.3 Å². The van der Waals surface area contributed by atoms with Gasteiger partial charge in [0.15, 0.2) is 0 Å². The molecule has 0 saturated carbocycles. The zero-order valence-electron chi connectivity index (χ0n) is 10.1. The van der Waals surface area contributed by atoms with Gasteiger partial charge in [-0.1, -0.05) is 11.8 Å². The van der Waals surface area contributed by atoms with E-state index in [1.54, 1.807) is 18.5 Å². The third-order valence-corrected chi connectivity index (χ3v) is 2.94. The predicted octanol–water partition coefficient (Wildman–Crippen LogP) is -0.0758. The Morgan fingerprint density at radius 2 is 2.28 bits per heavy atom. The van der Waals surface area contributed by atoms with Crippen molar-refractivity contribution in [1.82, 2.24) is 10.6 Å². The molecule has 4 N–H and O–H groups in total. The molecule has 6 heteroatoms. The predicted molar refractivity (Wildman–Crippen MR) is 71.3 cm³/mol. The van der Waals surface area contributed by atoms with Crippen LogP contribution in [-0.4, -0.2) is 32.0 Å². The van der Waals surface area contributed by atoms with Gasteiger partial charge in [-0.05, 0) is 6.07 Å². The summed E-state index contributed by atoms with van der Waals surface area (Å²) in [5, 5.41) is 6.89. The summed E-state index contributed by atoms with van der Waals surface area (Å²) in [6, 6.07) is 1.71. The Morgan fingerprint density at radius 3 is 2.94 bits per heavy atom. The summed E-state index contributed by atoms with van der Waals surface area (Å²) >= 11 is 1.39. The molecule has 0 aliphatic heterocycles. The minimum Gasteiger partial charge on any atom is -0.359 e. The van der Waals surface area contributed by atoms with Gasteiger partial charge in [0.25, 0.3) is 5.91 Å². The Labute approximate surface area is 110 Å². The molecule has 0 aliphatic carbocycles. The second-order valence-electron chi connectivity index (χ2n) is 3.38. The van der Waals surface area contributed by atoms with Gasteiger partial charge >= 0.3 is 0 Å². The zero-order chi connectivity index (χ0) is 13.4. The minimum atomic E-state index is -0.198. The summed E-state index contributed by atoms with van der Waals surface area (Å²) in [4.78, 5) is 23.5. The second kappa shape index (κ2) is 7.48. The van der Waals surface area contributed by atoms with E-state index < -0.39 is 0 Å². The monoisotopic (exact) mass is 265 g/mol. The van der Waals surface area contributed by atoms with Crippen molar-refractivity contribution in [3.05, 3.63) is 21.9 Å². The first-order valence-corrected chi connectivity index (χ1v) is 6.31. The zero-order valence-corrected chi connectivity index (χ0v) is 10.9. The van der Waals surface area contributed by atoms with Crippen LogP contribution in [-0.2, 0) is 4.79 Å². The summed E-state index contributed by atoms with van der Waals surface area (Å²) in [6.45, 7) is 0.615. The van der Waals surface area contributed by atoms with Crippen molar-refractivity contribution in [2.75, 3.05) is 20.1 Å². The van der Waals surface area contributed by atoms with Crippen LogP contribution in [0.25, 0.3) is 0 Å². The van der Waals surface area contributed by atoms with Crippen molar-refractivity contribution < 1.29 is 9.59 Å². The first kappa shape index (κ1) is 14.2. The molecule has 0 atom stereocenters. The van der Waals surface area contributed by atoms with E-state index in [1.165, 1.54) is 11.3 Å². The fourth-order valence-electron chi connectivity index (χ4n) is 1.18. The molecule has 96 valence electrons. The number of carbonyl (C=O) groups excluding carboxylic acids is 2. The third-order valence-electron chi connectivity index (χ3n) is 2.09. The van der Waals surface area contributed by atoms with Crippen molar-refractivity contribution in [3.63, 3.8) is 0 Å². The Morgan fingerprint density at radius 1 is 1.50 bits per heavy atom. The Balaban J connectivity index is 2.47. The lowest BCUT2D eigenvalue weighted by molar-refractivity contribution is -0.120. The summed E-state index contributed by atoms with van der Waals surface area (Å²) in [7, 11) is 1.56. The molecule has 0 unspecified atom stereocenters. The first-order chi connectivity index (χ1) is 8.67. The summed E-state index contributed by atoms with van der Waals surface area (Å²) in [6.07, 6.45) is 0.270. The lowest BCUT2D eigenvalue weighted by Gasteiger charge is -2.02. The summed E-state index contributed by atoms with van der Waals surface area (Å²) < 4.78 is 0. The van der Waals surface area contributed by atoms with E-state index in [-0.39, 0.29) is 18.2 Å². The fraction of sp³-hybridized carbons (Fsp3) is 0.333. The number of rotatable bonds is 4. The molecule has 0 radical (unpaired) electrons. The number of hydrogen-bond donors (Lipinski definition) is 3. The molecule has 0 fully saturated rings. The van der Waals surface area contributed by atoms with Crippen LogP contribution in [0, 0.1) is 11.8 Å². The normalized spacial score (nSPS) is 9.22. The molecule has 1 aromatic heterocycles. The van der Waals surface area contributed by atoms with Crippen molar-refractivity contribution >= 4 is 23.2 Å². The van der Waals surface area contributed by atoms with E-state index in [9.17, 15) is 9.59 Å². The molecule has 2 amide bonds. The number of nitrogens with two attached hydrogens (primary N) is 1. The summed E-state index contributed by atoms with van der Waals surface area (Å²) in [5.41, 5.74) is 5.82. The highest BCUT2D eigenvalue weighted by Crippen LogP contribution is 2.13. The van der Waals surface area contributed by atoms with E-state index >= 15 is 0 Å². The van der Waals surface area contributed by atoms with E-state index in [2.05, 4.69) is 22.5 Å². The number of nitrogens with one attached hydrogen (secondary N) is 2. The van der Waals surface area contributed by atoms with Crippen LogP contribution in [0.5, 0.6) is 0 Å². The molecule has 1 aromatic rings. The highest BCUT2D eigenvalue weighted by Gasteiger charge is 2.08. The molecule has 0 bridgehead atoms. The first-order valence-electron chi connectivity index (χ1n) is 5.43. The van der Waals surface area contributed by atoms with E-state index in [0.29, 0.717) is 18.7 Å². The summed E-state index contributed by atoms with van der Waals surface area (Å²) in [5.74, 6) is 5.29. The molecule has 18 heavy (non-hydrogen) atoms. The van der Waals surface area contributed by atoms with E-state index in [1.807, 2.05) is 0 Å². The third kappa shape index (κ3) is 4.57. The molecule has 1 heterocycles.